The molecule has 0 atom stereocenters. The lowest BCUT2D eigenvalue weighted by atomic mass is 10.3. The molecule has 1 aliphatic rings. The SMILES string of the molecule is COc1ccc(NC2=NN(c3ccc(Cl)cc3)CC2)cc1. The van der Waals surface area contributed by atoms with Crippen molar-refractivity contribution in [2.24, 2.45) is 5.10 Å². The molecule has 4 nitrogen and oxygen atoms in total. The lowest BCUT2D eigenvalue weighted by Crippen LogP contribution is -2.11. The Kier molecular flexibility index (Phi) is 3.97. The molecule has 0 aromatic heterocycles. The van der Waals surface area contributed by atoms with E-state index in [0.29, 0.717) is 0 Å². The number of anilines is 2. The zero-order valence-electron chi connectivity index (χ0n) is 11.7. The van der Waals surface area contributed by atoms with E-state index in [1.54, 1.807) is 7.11 Å². The zero-order chi connectivity index (χ0) is 14.7. The van der Waals surface area contributed by atoms with Crippen molar-refractivity contribution in [3.63, 3.8) is 0 Å². The summed E-state index contributed by atoms with van der Waals surface area (Å²) >= 11 is 5.90. The van der Waals surface area contributed by atoms with Crippen molar-refractivity contribution < 1.29 is 4.74 Å². The van der Waals surface area contributed by atoms with Crippen molar-refractivity contribution in [2.75, 3.05) is 24.0 Å². The summed E-state index contributed by atoms with van der Waals surface area (Å²) in [6.07, 6.45) is 0.884. The van der Waals surface area contributed by atoms with Crippen molar-refractivity contribution in [1.82, 2.24) is 0 Å². The number of hydrazone groups is 1. The highest BCUT2D eigenvalue weighted by Gasteiger charge is 2.15. The minimum absolute atomic E-state index is 0.735. The minimum atomic E-state index is 0.735. The van der Waals surface area contributed by atoms with Crippen molar-refractivity contribution in [3.8, 4) is 5.75 Å². The van der Waals surface area contributed by atoms with Gasteiger partial charge in [-0.2, -0.15) is 5.10 Å². The smallest absolute Gasteiger partial charge is 0.129 e. The molecule has 0 saturated carbocycles. The van der Waals surface area contributed by atoms with E-state index >= 15 is 0 Å². The quantitative estimate of drug-likeness (QED) is 0.931. The third kappa shape index (κ3) is 3.28. The number of nitrogens with zero attached hydrogens (tertiary/aromatic N) is 2. The number of halogens is 1. The summed E-state index contributed by atoms with van der Waals surface area (Å²) < 4.78 is 5.15. The van der Waals surface area contributed by atoms with Crippen molar-refractivity contribution in [3.05, 3.63) is 53.6 Å². The Labute approximate surface area is 129 Å². The Morgan fingerprint density at radius 3 is 2.48 bits per heavy atom. The van der Waals surface area contributed by atoms with Crippen LogP contribution in [0.15, 0.2) is 53.6 Å². The van der Waals surface area contributed by atoms with Gasteiger partial charge in [0.25, 0.3) is 0 Å². The van der Waals surface area contributed by atoms with Gasteiger partial charge in [0.15, 0.2) is 0 Å². The Bertz CT molecular complexity index is 638. The van der Waals surface area contributed by atoms with Crippen LogP contribution in [0.4, 0.5) is 11.4 Å². The summed E-state index contributed by atoms with van der Waals surface area (Å²) in [4.78, 5) is 0. The molecule has 0 aliphatic carbocycles. The summed E-state index contributed by atoms with van der Waals surface area (Å²) in [6, 6.07) is 15.5. The molecule has 1 aliphatic heterocycles. The maximum atomic E-state index is 5.90. The van der Waals surface area contributed by atoms with Crippen LogP contribution in [0.5, 0.6) is 5.75 Å². The van der Waals surface area contributed by atoms with Gasteiger partial charge in [-0.3, -0.25) is 5.01 Å². The minimum Gasteiger partial charge on any atom is -0.497 e. The molecule has 0 amide bonds. The Morgan fingerprint density at radius 2 is 1.81 bits per heavy atom. The molecule has 0 radical (unpaired) electrons. The van der Waals surface area contributed by atoms with Gasteiger partial charge in [0.2, 0.25) is 0 Å². The van der Waals surface area contributed by atoms with Gasteiger partial charge in [0, 0.05) is 23.7 Å². The predicted octanol–water partition coefficient (Wildman–Crippen LogP) is 3.98. The number of nitrogens with one attached hydrogen (secondary N) is 1. The van der Waals surface area contributed by atoms with Gasteiger partial charge < -0.3 is 10.1 Å². The molecule has 1 N–H and O–H groups in total. The third-order valence-electron chi connectivity index (χ3n) is 3.31. The van der Waals surface area contributed by atoms with E-state index in [4.69, 9.17) is 16.3 Å². The van der Waals surface area contributed by atoms with Crippen LogP contribution in [-0.4, -0.2) is 19.5 Å². The van der Waals surface area contributed by atoms with Gasteiger partial charge >= 0.3 is 0 Å². The fraction of sp³-hybridized carbons (Fsp3) is 0.188. The topological polar surface area (TPSA) is 36.9 Å². The van der Waals surface area contributed by atoms with E-state index in [0.717, 1.165) is 40.9 Å². The van der Waals surface area contributed by atoms with Crippen LogP contribution >= 0.6 is 11.6 Å². The average Bonchev–Trinajstić information content (AvgIpc) is 2.97. The highest BCUT2D eigenvalue weighted by molar-refractivity contribution is 6.30. The number of benzene rings is 2. The molecule has 2 aromatic rings. The van der Waals surface area contributed by atoms with E-state index in [1.807, 2.05) is 53.5 Å². The molecule has 0 spiro atoms. The lowest BCUT2D eigenvalue weighted by Gasteiger charge is -2.12. The molecule has 0 bridgehead atoms. The molecule has 0 fully saturated rings. The van der Waals surface area contributed by atoms with E-state index in [9.17, 15) is 0 Å². The van der Waals surface area contributed by atoms with E-state index in [1.165, 1.54) is 0 Å². The molecule has 1 heterocycles. The molecule has 0 saturated heterocycles. The van der Waals surface area contributed by atoms with Crippen LogP contribution in [0.25, 0.3) is 0 Å². The van der Waals surface area contributed by atoms with E-state index < -0.39 is 0 Å². The number of amidine groups is 1. The van der Waals surface area contributed by atoms with Gasteiger partial charge in [-0.15, -0.1) is 0 Å². The number of ether oxygens (including phenoxy) is 1. The van der Waals surface area contributed by atoms with E-state index in [-0.39, 0.29) is 0 Å². The van der Waals surface area contributed by atoms with Crippen LogP contribution in [0.1, 0.15) is 6.42 Å². The normalized spacial score (nSPS) is 14.0. The van der Waals surface area contributed by atoms with Crippen molar-refractivity contribution >= 4 is 28.8 Å². The van der Waals surface area contributed by atoms with Gasteiger partial charge in [0.05, 0.1) is 12.8 Å². The molecule has 21 heavy (non-hydrogen) atoms. The second-order valence-corrected chi connectivity index (χ2v) is 5.19. The van der Waals surface area contributed by atoms with Crippen LogP contribution < -0.4 is 15.1 Å². The second-order valence-electron chi connectivity index (χ2n) is 4.75. The van der Waals surface area contributed by atoms with Crippen molar-refractivity contribution in [2.45, 2.75) is 6.42 Å². The first-order valence-corrected chi connectivity index (χ1v) is 7.14. The molecule has 5 heteroatoms. The van der Waals surface area contributed by atoms with Crippen LogP contribution in [0.3, 0.4) is 0 Å². The lowest BCUT2D eigenvalue weighted by molar-refractivity contribution is 0.415. The summed E-state index contributed by atoms with van der Waals surface area (Å²) in [5.41, 5.74) is 2.05. The number of rotatable bonds is 3. The maximum absolute atomic E-state index is 5.90. The predicted molar refractivity (Wildman–Crippen MR) is 87.5 cm³/mol. The standard InChI is InChI=1S/C16H16ClN3O/c1-21-15-8-4-13(5-9-15)18-16-10-11-20(19-16)14-6-2-12(17)3-7-14/h2-9H,10-11H2,1H3,(H,18,19). The van der Waals surface area contributed by atoms with Gasteiger partial charge in [0.1, 0.15) is 11.6 Å². The summed E-state index contributed by atoms with van der Waals surface area (Å²) in [6.45, 7) is 0.861. The largest absolute Gasteiger partial charge is 0.497 e. The van der Waals surface area contributed by atoms with Crippen molar-refractivity contribution in [1.29, 1.82) is 0 Å². The number of hydrogen-bond donors (Lipinski definition) is 1. The van der Waals surface area contributed by atoms with Crippen LogP contribution in [-0.2, 0) is 0 Å². The highest BCUT2D eigenvalue weighted by atomic mass is 35.5. The molecule has 108 valence electrons. The summed E-state index contributed by atoms with van der Waals surface area (Å²) in [5.74, 6) is 1.80. The Balaban J connectivity index is 1.69. The first kappa shape index (κ1) is 13.8. The number of methoxy groups -OCH3 is 1. The van der Waals surface area contributed by atoms with E-state index in [2.05, 4.69) is 10.4 Å². The number of hydrogen-bond acceptors (Lipinski definition) is 4. The van der Waals surface area contributed by atoms with Gasteiger partial charge in [-0.1, -0.05) is 11.6 Å². The molecular formula is C16H16ClN3O. The first-order valence-electron chi connectivity index (χ1n) is 6.76. The fourth-order valence-electron chi connectivity index (χ4n) is 2.19. The Morgan fingerprint density at radius 1 is 1.10 bits per heavy atom. The first-order chi connectivity index (χ1) is 10.2. The summed E-state index contributed by atoms with van der Waals surface area (Å²) in [5, 5.41) is 10.6. The van der Waals surface area contributed by atoms with Gasteiger partial charge in [-0.05, 0) is 48.5 Å². The second kappa shape index (κ2) is 6.06. The van der Waals surface area contributed by atoms with Crippen LogP contribution in [0, 0.1) is 0 Å². The monoisotopic (exact) mass is 301 g/mol. The third-order valence-corrected chi connectivity index (χ3v) is 3.56. The fourth-order valence-corrected chi connectivity index (χ4v) is 2.31. The summed E-state index contributed by atoms with van der Waals surface area (Å²) in [7, 11) is 1.66. The Hall–Kier alpha value is -2.20. The molecule has 2 aromatic carbocycles. The maximum Gasteiger partial charge on any atom is 0.129 e. The molecule has 0 unspecified atom stereocenters. The van der Waals surface area contributed by atoms with Crippen LogP contribution in [0.2, 0.25) is 5.02 Å². The van der Waals surface area contributed by atoms with Gasteiger partial charge in [-0.25, -0.2) is 0 Å². The zero-order valence-corrected chi connectivity index (χ0v) is 12.5. The average molecular weight is 302 g/mol. The highest BCUT2D eigenvalue weighted by Crippen LogP contribution is 2.22. The molecular weight excluding hydrogens is 286 g/mol. The molecule has 3 rings (SSSR count).